The van der Waals surface area contributed by atoms with Crippen molar-refractivity contribution in [2.45, 2.75) is 6.42 Å². The molecule has 0 amide bonds. The van der Waals surface area contributed by atoms with E-state index >= 15 is 0 Å². The maximum atomic E-state index is 11.1. The van der Waals surface area contributed by atoms with Crippen LogP contribution in [0.4, 0.5) is 0 Å². The van der Waals surface area contributed by atoms with Crippen LogP contribution in [0.5, 0.6) is 5.75 Å². The summed E-state index contributed by atoms with van der Waals surface area (Å²) >= 11 is 0. The molecule has 0 heterocycles. The number of phenols is 1. The molecular formula is C10H11NO4. The van der Waals surface area contributed by atoms with E-state index in [9.17, 15) is 4.79 Å². The van der Waals surface area contributed by atoms with Crippen LogP contribution in [0.15, 0.2) is 29.4 Å². The molecular weight excluding hydrogens is 198 g/mol. The Morgan fingerprint density at radius 2 is 2.00 bits per heavy atom. The summed E-state index contributed by atoms with van der Waals surface area (Å²) in [6.07, 6.45) is 0.156. The van der Waals surface area contributed by atoms with Gasteiger partial charge in [-0.05, 0) is 17.7 Å². The fourth-order valence-corrected chi connectivity index (χ4v) is 1.07. The highest BCUT2D eigenvalue weighted by Crippen LogP contribution is 2.10. The average Bonchev–Trinajstić information content (AvgIpc) is 2.27. The van der Waals surface area contributed by atoms with Crippen LogP contribution < -0.4 is 0 Å². The number of rotatable bonds is 3. The fraction of sp³-hybridized carbons (Fsp3) is 0.200. The number of ether oxygens (including phenoxy) is 1. The number of phenolic OH excluding ortho intramolecular Hbond substituents is 1. The van der Waals surface area contributed by atoms with Crippen LogP contribution in [0.2, 0.25) is 0 Å². The normalized spacial score (nSPS) is 11.1. The number of oxime groups is 1. The topological polar surface area (TPSA) is 79.1 Å². The van der Waals surface area contributed by atoms with Crippen molar-refractivity contribution in [3.8, 4) is 5.75 Å². The van der Waals surface area contributed by atoms with Crippen LogP contribution in [0.1, 0.15) is 5.56 Å². The highest BCUT2D eigenvalue weighted by atomic mass is 16.5. The number of aromatic hydroxyl groups is 1. The molecule has 0 radical (unpaired) electrons. The van der Waals surface area contributed by atoms with Gasteiger partial charge in [0.2, 0.25) is 0 Å². The van der Waals surface area contributed by atoms with Gasteiger partial charge in [-0.25, -0.2) is 4.79 Å². The molecule has 1 rings (SSSR count). The summed E-state index contributed by atoms with van der Waals surface area (Å²) in [5, 5.41) is 20.5. The monoisotopic (exact) mass is 209 g/mol. The highest BCUT2D eigenvalue weighted by molar-refractivity contribution is 6.36. The Labute approximate surface area is 86.6 Å². The van der Waals surface area contributed by atoms with Crippen molar-refractivity contribution in [3.63, 3.8) is 0 Å². The van der Waals surface area contributed by atoms with E-state index in [-0.39, 0.29) is 17.9 Å². The molecule has 5 nitrogen and oxygen atoms in total. The van der Waals surface area contributed by atoms with Crippen LogP contribution >= 0.6 is 0 Å². The maximum Gasteiger partial charge on any atom is 0.356 e. The van der Waals surface area contributed by atoms with Crippen molar-refractivity contribution in [3.05, 3.63) is 29.8 Å². The minimum atomic E-state index is -0.675. The van der Waals surface area contributed by atoms with E-state index in [0.29, 0.717) is 0 Å². The lowest BCUT2D eigenvalue weighted by atomic mass is 10.1. The summed E-state index contributed by atoms with van der Waals surface area (Å²) in [6.45, 7) is 0. The third-order valence-electron chi connectivity index (χ3n) is 1.85. The highest BCUT2D eigenvalue weighted by Gasteiger charge is 2.12. The molecule has 0 spiro atoms. The Morgan fingerprint density at radius 1 is 1.40 bits per heavy atom. The zero-order chi connectivity index (χ0) is 11.3. The van der Waals surface area contributed by atoms with Gasteiger partial charge in [0.25, 0.3) is 0 Å². The quantitative estimate of drug-likeness (QED) is 0.336. The van der Waals surface area contributed by atoms with E-state index in [4.69, 9.17) is 10.3 Å². The first-order valence-corrected chi connectivity index (χ1v) is 4.24. The largest absolute Gasteiger partial charge is 0.508 e. The Bertz CT molecular complexity index is 370. The van der Waals surface area contributed by atoms with Crippen molar-refractivity contribution in [1.82, 2.24) is 0 Å². The van der Waals surface area contributed by atoms with Gasteiger partial charge < -0.3 is 15.1 Å². The van der Waals surface area contributed by atoms with Crippen LogP contribution in [-0.2, 0) is 16.0 Å². The van der Waals surface area contributed by atoms with Gasteiger partial charge in [0.15, 0.2) is 5.71 Å². The molecule has 0 saturated heterocycles. The molecule has 0 aliphatic rings. The lowest BCUT2D eigenvalue weighted by molar-refractivity contribution is -0.132. The van der Waals surface area contributed by atoms with Crippen molar-refractivity contribution < 1.29 is 19.8 Å². The third kappa shape index (κ3) is 2.98. The van der Waals surface area contributed by atoms with Gasteiger partial charge in [-0.3, -0.25) is 0 Å². The maximum absolute atomic E-state index is 11.1. The number of benzene rings is 1. The lowest BCUT2D eigenvalue weighted by Crippen LogP contribution is -2.18. The molecule has 15 heavy (non-hydrogen) atoms. The SMILES string of the molecule is COC(=O)C(Cc1ccc(O)cc1)=NO. The van der Waals surface area contributed by atoms with Gasteiger partial charge in [-0.2, -0.15) is 0 Å². The molecule has 0 aromatic heterocycles. The molecule has 0 saturated carbocycles. The smallest absolute Gasteiger partial charge is 0.356 e. The molecule has 0 unspecified atom stereocenters. The van der Waals surface area contributed by atoms with Gasteiger partial charge >= 0.3 is 5.97 Å². The molecule has 5 heteroatoms. The van der Waals surface area contributed by atoms with E-state index in [1.807, 2.05) is 0 Å². The zero-order valence-electron chi connectivity index (χ0n) is 8.17. The summed E-state index contributed by atoms with van der Waals surface area (Å²) in [7, 11) is 1.21. The Morgan fingerprint density at radius 3 is 2.47 bits per heavy atom. The molecule has 1 aromatic carbocycles. The van der Waals surface area contributed by atoms with Crippen LogP contribution in [0, 0.1) is 0 Å². The van der Waals surface area contributed by atoms with Crippen molar-refractivity contribution in [2.24, 2.45) is 5.16 Å². The Kier molecular flexibility index (Phi) is 3.68. The first-order chi connectivity index (χ1) is 7.17. The summed E-state index contributed by atoms with van der Waals surface area (Å²) in [4.78, 5) is 11.1. The van der Waals surface area contributed by atoms with Crippen molar-refractivity contribution in [2.75, 3.05) is 7.11 Å². The summed E-state index contributed by atoms with van der Waals surface area (Å²) in [6, 6.07) is 6.23. The number of esters is 1. The van der Waals surface area contributed by atoms with Gasteiger partial charge in [0, 0.05) is 6.42 Å². The van der Waals surface area contributed by atoms with E-state index in [0.717, 1.165) is 5.56 Å². The van der Waals surface area contributed by atoms with Crippen LogP contribution in [0.3, 0.4) is 0 Å². The van der Waals surface area contributed by atoms with E-state index in [1.165, 1.54) is 19.2 Å². The standard InChI is InChI=1S/C10H11NO4/c1-15-10(13)9(11-14)6-7-2-4-8(12)5-3-7/h2-5,12,14H,6H2,1H3. The van der Waals surface area contributed by atoms with E-state index in [1.54, 1.807) is 12.1 Å². The number of carbonyl (C=O) groups is 1. The van der Waals surface area contributed by atoms with Crippen LogP contribution in [0.25, 0.3) is 0 Å². The molecule has 0 fully saturated rings. The molecule has 0 atom stereocenters. The van der Waals surface area contributed by atoms with Gasteiger partial charge in [-0.15, -0.1) is 0 Å². The predicted molar refractivity (Wildman–Crippen MR) is 53.0 cm³/mol. The van der Waals surface area contributed by atoms with Crippen molar-refractivity contribution >= 4 is 11.7 Å². The second-order valence-corrected chi connectivity index (χ2v) is 2.88. The molecule has 2 N–H and O–H groups in total. The van der Waals surface area contributed by atoms with Crippen LogP contribution in [-0.4, -0.2) is 29.1 Å². The van der Waals surface area contributed by atoms with Crippen molar-refractivity contribution in [1.29, 1.82) is 0 Å². The van der Waals surface area contributed by atoms with Gasteiger partial charge in [0.05, 0.1) is 7.11 Å². The Balaban J connectivity index is 2.76. The lowest BCUT2D eigenvalue weighted by Gasteiger charge is -2.02. The van der Waals surface area contributed by atoms with Gasteiger partial charge in [-0.1, -0.05) is 17.3 Å². The summed E-state index contributed by atoms with van der Waals surface area (Å²) in [5.74, 6) is -0.537. The fourth-order valence-electron chi connectivity index (χ4n) is 1.07. The van der Waals surface area contributed by atoms with E-state index < -0.39 is 5.97 Å². The number of carbonyl (C=O) groups excluding carboxylic acids is 1. The van der Waals surface area contributed by atoms with Gasteiger partial charge in [0.1, 0.15) is 5.75 Å². The number of nitrogens with zero attached hydrogens (tertiary/aromatic N) is 1. The zero-order valence-corrected chi connectivity index (χ0v) is 8.17. The minimum Gasteiger partial charge on any atom is -0.508 e. The third-order valence-corrected chi connectivity index (χ3v) is 1.85. The second kappa shape index (κ2) is 4.99. The number of hydrogen-bond acceptors (Lipinski definition) is 5. The molecule has 0 bridgehead atoms. The minimum absolute atomic E-state index is 0.0804. The summed E-state index contributed by atoms with van der Waals surface area (Å²) in [5.41, 5.74) is 0.661. The Hall–Kier alpha value is -2.04. The molecule has 0 aliphatic heterocycles. The molecule has 80 valence electrons. The number of hydrogen-bond donors (Lipinski definition) is 2. The first kappa shape index (κ1) is 11.0. The molecule has 1 aromatic rings. The summed E-state index contributed by atoms with van der Waals surface area (Å²) < 4.78 is 4.42. The second-order valence-electron chi connectivity index (χ2n) is 2.88. The van der Waals surface area contributed by atoms with E-state index in [2.05, 4.69) is 9.89 Å². The number of methoxy groups -OCH3 is 1. The molecule has 0 aliphatic carbocycles. The average molecular weight is 209 g/mol. The first-order valence-electron chi connectivity index (χ1n) is 4.24. The predicted octanol–water partition coefficient (Wildman–Crippen LogP) is 0.938.